The van der Waals surface area contributed by atoms with Gasteiger partial charge in [-0.2, -0.15) is 0 Å². The van der Waals surface area contributed by atoms with Crippen LogP contribution < -0.4 is 5.32 Å². The summed E-state index contributed by atoms with van der Waals surface area (Å²) in [5.74, 6) is 0. The average molecular weight is 198 g/mol. The maximum Gasteiger partial charge on any atom is 0.407 e. The molecule has 4 heteroatoms. The van der Waals surface area contributed by atoms with Gasteiger partial charge in [-0.15, -0.1) is 0 Å². The van der Waals surface area contributed by atoms with E-state index in [-0.39, 0.29) is 0 Å². The molecule has 0 aromatic heterocycles. The third-order valence-corrected chi connectivity index (χ3v) is 3.78. The zero-order valence-corrected chi connectivity index (χ0v) is 8.62. The Labute approximate surface area is 84.3 Å². The minimum Gasteiger partial charge on any atom is -0.465 e. The van der Waals surface area contributed by atoms with Gasteiger partial charge in [-0.05, 0) is 32.7 Å². The molecule has 2 aliphatic rings. The number of nitrogens with one attached hydrogen (secondary N) is 1. The number of likely N-dealkylation sites (tertiary alicyclic amines) is 1. The van der Waals surface area contributed by atoms with E-state index in [9.17, 15) is 4.79 Å². The van der Waals surface area contributed by atoms with Crippen molar-refractivity contribution in [1.82, 2.24) is 10.2 Å². The van der Waals surface area contributed by atoms with Crippen LogP contribution in [0, 0.1) is 5.41 Å². The van der Waals surface area contributed by atoms with E-state index in [0.29, 0.717) is 11.5 Å². The SMILES string of the molecule is CNC1CCC2(CC1)CN(C(=O)O)C2. The first kappa shape index (κ1) is 9.77. The molecule has 14 heavy (non-hydrogen) atoms. The van der Waals surface area contributed by atoms with Crippen molar-refractivity contribution >= 4 is 6.09 Å². The van der Waals surface area contributed by atoms with Crippen molar-refractivity contribution in [2.45, 2.75) is 31.7 Å². The van der Waals surface area contributed by atoms with Crippen LogP contribution in [0.25, 0.3) is 0 Å². The lowest BCUT2D eigenvalue weighted by Gasteiger charge is -2.52. The van der Waals surface area contributed by atoms with Crippen molar-refractivity contribution < 1.29 is 9.90 Å². The van der Waals surface area contributed by atoms with Gasteiger partial charge in [-0.1, -0.05) is 0 Å². The third kappa shape index (κ3) is 1.59. The molecule has 0 unspecified atom stereocenters. The van der Waals surface area contributed by atoms with Crippen LogP contribution in [0.3, 0.4) is 0 Å². The highest BCUT2D eigenvalue weighted by molar-refractivity contribution is 5.66. The number of amides is 1. The molecule has 0 bridgehead atoms. The highest BCUT2D eigenvalue weighted by Gasteiger charge is 2.46. The van der Waals surface area contributed by atoms with Gasteiger partial charge >= 0.3 is 6.09 Å². The molecule has 1 saturated carbocycles. The Kier molecular flexibility index (Phi) is 2.39. The molecule has 4 nitrogen and oxygen atoms in total. The molecule has 0 radical (unpaired) electrons. The van der Waals surface area contributed by atoms with Crippen molar-refractivity contribution in [3.05, 3.63) is 0 Å². The van der Waals surface area contributed by atoms with E-state index in [0.717, 1.165) is 13.1 Å². The van der Waals surface area contributed by atoms with Gasteiger partial charge in [0, 0.05) is 24.5 Å². The fourth-order valence-electron chi connectivity index (χ4n) is 2.73. The molecule has 0 aromatic rings. The van der Waals surface area contributed by atoms with E-state index in [2.05, 4.69) is 5.32 Å². The lowest BCUT2D eigenvalue weighted by atomic mass is 9.67. The number of carbonyl (C=O) groups is 1. The summed E-state index contributed by atoms with van der Waals surface area (Å²) in [4.78, 5) is 12.2. The quantitative estimate of drug-likeness (QED) is 0.664. The number of rotatable bonds is 1. The average Bonchev–Trinajstić information content (AvgIpc) is 2.14. The summed E-state index contributed by atoms with van der Waals surface area (Å²) in [5.41, 5.74) is 0.339. The first-order valence-corrected chi connectivity index (χ1v) is 5.30. The fraction of sp³-hybridized carbons (Fsp3) is 0.900. The van der Waals surface area contributed by atoms with Crippen LogP contribution in [0.1, 0.15) is 25.7 Å². The largest absolute Gasteiger partial charge is 0.465 e. The second-order valence-corrected chi connectivity index (χ2v) is 4.70. The second-order valence-electron chi connectivity index (χ2n) is 4.70. The zero-order chi connectivity index (χ0) is 10.2. The Balaban J connectivity index is 1.82. The molecule has 2 fully saturated rings. The molecule has 1 amide bonds. The molecule has 1 spiro atoms. The Hall–Kier alpha value is -0.770. The highest BCUT2D eigenvalue weighted by atomic mass is 16.4. The topological polar surface area (TPSA) is 52.6 Å². The van der Waals surface area contributed by atoms with Crippen molar-refractivity contribution in [1.29, 1.82) is 0 Å². The van der Waals surface area contributed by atoms with E-state index in [1.807, 2.05) is 7.05 Å². The molecule has 1 heterocycles. The Morgan fingerprint density at radius 3 is 2.43 bits per heavy atom. The maximum atomic E-state index is 10.6. The number of nitrogens with zero attached hydrogens (tertiary/aromatic N) is 1. The van der Waals surface area contributed by atoms with Gasteiger partial charge in [0.15, 0.2) is 0 Å². The van der Waals surface area contributed by atoms with Crippen LogP contribution in [0.5, 0.6) is 0 Å². The minimum absolute atomic E-state index is 0.339. The standard InChI is InChI=1S/C10H18N2O2/c1-11-8-2-4-10(5-3-8)6-12(7-10)9(13)14/h8,11H,2-7H2,1H3,(H,13,14). The predicted octanol–water partition coefficient (Wildman–Crippen LogP) is 1.13. The molecule has 1 saturated heterocycles. The summed E-state index contributed by atoms with van der Waals surface area (Å²) in [6.45, 7) is 1.53. The van der Waals surface area contributed by atoms with Crippen molar-refractivity contribution in [2.75, 3.05) is 20.1 Å². The first-order chi connectivity index (χ1) is 6.65. The number of hydrogen-bond donors (Lipinski definition) is 2. The molecule has 2 N–H and O–H groups in total. The molecule has 0 atom stereocenters. The summed E-state index contributed by atoms with van der Waals surface area (Å²) in [7, 11) is 2.01. The van der Waals surface area contributed by atoms with Gasteiger partial charge in [0.25, 0.3) is 0 Å². The van der Waals surface area contributed by atoms with Gasteiger partial charge in [-0.25, -0.2) is 4.79 Å². The van der Waals surface area contributed by atoms with Crippen LogP contribution in [0.15, 0.2) is 0 Å². The Morgan fingerprint density at radius 2 is 2.00 bits per heavy atom. The lowest BCUT2D eigenvalue weighted by molar-refractivity contribution is -0.0201. The van der Waals surface area contributed by atoms with Crippen LogP contribution in [-0.2, 0) is 0 Å². The van der Waals surface area contributed by atoms with Gasteiger partial charge < -0.3 is 15.3 Å². The van der Waals surface area contributed by atoms with Crippen molar-refractivity contribution in [3.8, 4) is 0 Å². The van der Waals surface area contributed by atoms with Crippen molar-refractivity contribution in [3.63, 3.8) is 0 Å². The molecular formula is C10H18N2O2. The normalized spacial score (nSPS) is 26.2. The van der Waals surface area contributed by atoms with E-state index in [1.165, 1.54) is 30.6 Å². The van der Waals surface area contributed by atoms with Gasteiger partial charge in [-0.3, -0.25) is 0 Å². The van der Waals surface area contributed by atoms with Crippen LogP contribution >= 0.6 is 0 Å². The predicted molar refractivity (Wildman–Crippen MR) is 53.3 cm³/mol. The summed E-state index contributed by atoms with van der Waals surface area (Å²) in [5, 5.41) is 12.1. The summed E-state index contributed by atoms with van der Waals surface area (Å²) >= 11 is 0. The Bertz CT molecular complexity index is 226. The monoisotopic (exact) mass is 198 g/mol. The second kappa shape index (κ2) is 3.42. The first-order valence-electron chi connectivity index (χ1n) is 5.30. The van der Waals surface area contributed by atoms with Crippen LogP contribution in [-0.4, -0.2) is 42.3 Å². The highest BCUT2D eigenvalue weighted by Crippen LogP contribution is 2.43. The lowest BCUT2D eigenvalue weighted by Crippen LogP contribution is -2.60. The number of hydrogen-bond acceptors (Lipinski definition) is 2. The van der Waals surface area contributed by atoms with Crippen LogP contribution in [0.2, 0.25) is 0 Å². The van der Waals surface area contributed by atoms with Gasteiger partial charge in [0.05, 0.1) is 0 Å². The molecule has 1 aliphatic carbocycles. The molecule has 2 rings (SSSR count). The minimum atomic E-state index is -0.758. The van der Waals surface area contributed by atoms with E-state index in [1.54, 1.807) is 0 Å². The van der Waals surface area contributed by atoms with Crippen LogP contribution in [0.4, 0.5) is 4.79 Å². The fourth-order valence-corrected chi connectivity index (χ4v) is 2.73. The van der Waals surface area contributed by atoms with E-state index in [4.69, 9.17) is 5.11 Å². The summed E-state index contributed by atoms with van der Waals surface area (Å²) in [6, 6.07) is 0.652. The van der Waals surface area contributed by atoms with Gasteiger partial charge in [0.2, 0.25) is 0 Å². The van der Waals surface area contributed by atoms with E-state index >= 15 is 0 Å². The molecule has 0 aromatic carbocycles. The molecular weight excluding hydrogens is 180 g/mol. The third-order valence-electron chi connectivity index (χ3n) is 3.78. The Morgan fingerprint density at radius 1 is 1.43 bits per heavy atom. The zero-order valence-electron chi connectivity index (χ0n) is 8.62. The molecule has 80 valence electrons. The summed E-state index contributed by atoms with van der Waals surface area (Å²) < 4.78 is 0. The molecule has 1 aliphatic heterocycles. The summed E-state index contributed by atoms with van der Waals surface area (Å²) in [6.07, 6.45) is 4.00. The number of carboxylic acid groups (broad SMARTS) is 1. The maximum absolute atomic E-state index is 10.6. The van der Waals surface area contributed by atoms with E-state index < -0.39 is 6.09 Å². The van der Waals surface area contributed by atoms with Gasteiger partial charge in [0.1, 0.15) is 0 Å². The smallest absolute Gasteiger partial charge is 0.407 e. The van der Waals surface area contributed by atoms with Crippen molar-refractivity contribution in [2.24, 2.45) is 5.41 Å².